The molecule has 0 fully saturated rings. The Hall–Kier alpha value is 0.499. The second-order valence-corrected chi connectivity index (χ2v) is 2.76. The quantitative estimate of drug-likeness (QED) is 0.188. The molecule has 0 bridgehead atoms. The minimum absolute atomic E-state index is 0. The average molecular weight is 250 g/mol. The monoisotopic (exact) mass is 250 g/mol. The van der Waals surface area contributed by atoms with Gasteiger partial charge >= 0.3 is 24.9 Å². The van der Waals surface area contributed by atoms with Gasteiger partial charge in [-0.3, -0.25) is 8.42 Å². The molecule has 0 aromatic heterocycles. The van der Waals surface area contributed by atoms with Gasteiger partial charge in [-0.25, -0.2) is 4.57 Å². The van der Waals surface area contributed by atoms with Crippen molar-refractivity contribution in [3.8, 4) is 0 Å². The molecule has 0 atom stereocenters. The minimum atomic E-state index is -5.17. The van der Waals surface area contributed by atoms with Gasteiger partial charge in [0.1, 0.15) is 0 Å². The molecular formula is H3FeO8PS. The van der Waals surface area contributed by atoms with E-state index < -0.39 is 18.2 Å². The van der Waals surface area contributed by atoms with Gasteiger partial charge in [0.05, 0.1) is 0 Å². The van der Waals surface area contributed by atoms with Gasteiger partial charge in [-0.2, -0.15) is 0 Å². The van der Waals surface area contributed by atoms with E-state index in [0.717, 1.165) is 0 Å². The number of phosphoric acid groups is 1. The van der Waals surface area contributed by atoms with Gasteiger partial charge in [0.15, 0.2) is 0 Å². The molecule has 0 radical (unpaired) electrons. The maximum Gasteiger partial charge on any atom is 2.00 e. The van der Waals surface area contributed by atoms with E-state index in [1.807, 2.05) is 0 Å². The van der Waals surface area contributed by atoms with Crippen LogP contribution in [0.1, 0.15) is 0 Å². The van der Waals surface area contributed by atoms with Crippen LogP contribution < -0.4 is 0 Å². The first-order valence-electron chi connectivity index (χ1n) is 1.45. The predicted octanol–water partition coefficient (Wildman–Crippen LogP) is -2.27. The van der Waals surface area contributed by atoms with Crippen LogP contribution in [0.5, 0.6) is 0 Å². The molecular weight excluding hydrogens is 247 g/mol. The van der Waals surface area contributed by atoms with Gasteiger partial charge in [-0.05, 0) is 0 Å². The van der Waals surface area contributed by atoms with Gasteiger partial charge in [0.25, 0.3) is 0 Å². The molecule has 0 rings (SSSR count). The van der Waals surface area contributed by atoms with Gasteiger partial charge < -0.3 is 23.8 Å². The molecule has 70 valence electrons. The van der Waals surface area contributed by atoms with Crippen LogP contribution in [0.4, 0.5) is 0 Å². The molecule has 0 aromatic rings. The third kappa shape index (κ3) is 3040. The molecule has 0 heterocycles. The first-order valence-corrected chi connectivity index (χ1v) is 4.35. The Labute approximate surface area is 72.5 Å². The van der Waals surface area contributed by atoms with Gasteiger partial charge in [0.2, 0.25) is 0 Å². The third-order valence-electron chi connectivity index (χ3n) is 0. The summed E-state index contributed by atoms with van der Waals surface area (Å²) in [4.78, 5) is 21.6. The first-order chi connectivity index (χ1) is 4.00. The summed E-state index contributed by atoms with van der Waals surface area (Å²) in [7, 11) is -9.81. The number of hydrogen-bond donors (Lipinski definition) is 3. The van der Waals surface area contributed by atoms with E-state index in [0.29, 0.717) is 0 Å². The van der Waals surface area contributed by atoms with Crippen molar-refractivity contribution >= 4 is 18.2 Å². The fourth-order valence-corrected chi connectivity index (χ4v) is 0. The zero-order chi connectivity index (χ0) is 9.00. The van der Waals surface area contributed by atoms with E-state index >= 15 is 0 Å². The van der Waals surface area contributed by atoms with Crippen LogP contribution in [0.25, 0.3) is 0 Å². The summed E-state index contributed by atoms with van der Waals surface area (Å²) >= 11 is 0. The Morgan fingerprint density at radius 2 is 1.09 bits per heavy atom. The van der Waals surface area contributed by atoms with Crippen molar-refractivity contribution in [2.24, 2.45) is 0 Å². The summed E-state index contributed by atoms with van der Waals surface area (Å²) in [6.07, 6.45) is 0. The van der Waals surface area contributed by atoms with Gasteiger partial charge in [-0.15, -0.1) is 0 Å². The van der Waals surface area contributed by atoms with Crippen molar-refractivity contribution in [2.75, 3.05) is 0 Å². The molecule has 11 heteroatoms. The second kappa shape index (κ2) is 6.06. The molecule has 3 N–H and O–H groups in total. The van der Waals surface area contributed by atoms with E-state index in [2.05, 4.69) is 0 Å². The third-order valence-corrected chi connectivity index (χ3v) is 0. The van der Waals surface area contributed by atoms with E-state index in [1.165, 1.54) is 0 Å². The Balaban J connectivity index is -0.000000107. The molecule has 0 saturated heterocycles. The summed E-state index contributed by atoms with van der Waals surface area (Å²) in [5.74, 6) is 0. The Bertz CT molecular complexity index is 192. The zero-order valence-corrected chi connectivity index (χ0v) is 7.41. The molecule has 0 aliphatic carbocycles. The summed E-state index contributed by atoms with van der Waals surface area (Å²) in [5, 5.41) is 0. The Morgan fingerprint density at radius 3 is 1.09 bits per heavy atom. The van der Waals surface area contributed by atoms with Crippen molar-refractivity contribution in [3.05, 3.63) is 0 Å². The molecule has 11 heavy (non-hydrogen) atoms. The van der Waals surface area contributed by atoms with Gasteiger partial charge in [0, 0.05) is 10.4 Å². The number of rotatable bonds is 0. The van der Waals surface area contributed by atoms with E-state index in [-0.39, 0.29) is 17.1 Å². The topological polar surface area (TPSA) is 158 Å². The number of hydrogen-bond acceptors (Lipinski definition) is 5. The molecule has 0 aliphatic heterocycles. The Kier molecular flexibility index (Phi) is 9.67. The van der Waals surface area contributed by atoms with Crippen LogP contribution in [0.3, 0.4) is 0 Å². The van der Waals surface area contributed by atoms with Crippen LogP contribution in [0, 0.1) is 0 Å². The SMILES string of the molecule is O=P(O)(O)O.O=S(=O)([O-])[O-].[Fe+2]. The van der Waals surface area contributed by atoms with Crippen molar-refractivity contribution in [1.29, 1.82) is 0 Å². The molecule has 0 aromatic carbocycles. The Morgan fingerprint density at radius 1 is 1.09 bits per heavy atom. The smallest absolute Gasteiger partial charge is 0.759 e. The fraction of sp³-hybridized carbons (Fsp3) is 0. The van der Waals surface area contributed by atoms with Crippen molar-refractivity contribution < 1.29 is 53.8 Å². The van der Waals surface area contributed by atoms with Crippen LogP contribution in [0.15, 0.2) is 0 Å². The first kappa shape index (κ1) is 17.5. The van der Waals surface area contributed by atoms with Crippen molar-refractivity contribution in [3.63, 3.8) is 0 Å². The maximum absolute atomic E-state index is 8.88. The van der Waals surface area contributed by atoms with Crippen LogP contribution in [-0.4, -0.2) is 32.2 Å². The molecule has 8 nitrogen and oxygen atoms in total. The normalized spacial score (nSPS) is 10.6. The van der Waals surface area contributed by atoms with Gasteiger partial charge in [-0.1, -0.05) is 0 Å². The van der Waals surface area contributed by atoms with Crippen LogP contribution in [-0.2, 0) is 32.0 Å². The largest absolute Gasteiger partial charge is 2.00 e. The standard InChI is InChI=1S/Fe.H3O4P.H2O4S/c;2*1-5(2,3)4/h;(H3,1,2,3,4);(H2,1,2,3,4)/q+2;;/p-2. The van der Waals surface area contributed by atoms with Crippen molar-refractivity contribution in [1.82, 2.24) is 0 Å². The van der Waals surface area contributed by atoms with Crippen LogP contribution in [0.2, 0.25) is 0 Å². The van der Waals surface area contributed by atoms with E-state index in [4.69, 9.17) is 36.8 Å². The molecule has 0 spiro atoms. The average Bonchev–Trinajstić information content (AvgIpc) is 1.12. The second-order valence-electron chi connectivity index (χ2n) is 0.922. The van der Waals surface area contributed by atoms with E-state index in [1.54, 1.807) is 0 Å². The van der Waals surface area contributed by atoms with Crippen molar-refractivity contribution in [2.45, 2.75) is 0 Å². The summed E-state index contributed by atoms with van der Waals surface area (Å²) < 4.78 is 43.0. The molecule has 0 unspecified atom stereocenters. The zero-order valence-electron chi connectivity index (χ0n) is 4.59. The van der Waals surface area contributed by atoms with E-state index in [9.17, 15) is 0 Å². The molecule has 0 saturated carbocycles. The maximum atomic E-state index is 8.88. The molecule has 0 aliphatic rings. The molecule has 0 amide bonds. The van der Waals surface area contributed by atoms with Crippen LogP contribution >= 0.6 is 7.82 Å². The summed E-state index contributed by atoms with van der Waals surface area (Å²) in [5.41, 5.74) is 0. The minimum Gasteiger partial charge on any atom is -0.759 e. The predicted molar refractivity (Wildman–Crippen MR) is 24.7 cm³/mol. The fourth-order valence-electron chi connectivity index (χ4n) is 0. The summed E-state index contributed by atoms with van der Waals surface area (Å²) in [6, 6.07) is 0. The summed E-state index contributed by atoms with van der Waals surface area (Å²) in [6.45, 7) is 0.